The molecule has 9 heteroatoms. The molecular weight excluding hydrogens is 436 g/mol. The fourth-order valence-corrected chi connectivity index (χ4v) is 4.56. The zero-order chi connectivity index (χ0) is 23.9. The number of benzene rings is 1. The van der Waals surface area contributed by atoms with E-state index in [2.05, 4.69) is 20.4 Å². The molecule has 3 heterocycles. The van der Waals surface area contributed by atoms with Crippen molar-refractivity contribution in [1.29, 1.82) is 0 Å². The Morgan fingerprint density at radius 1 is 1.32 bits per heavy atom. The third-order valence-corrected chi connectivity index (χ3v) is 6.73. The van der Waals surface area contributed by atoms with Gasteiger partial charge in [-0.15, -0.1) is 0 Å². The van der Waals surface area contributed by atoms with Crippen molar-refractivity contribution >= 4 is 11.9 Å². The van der Waals surface area contributed by atoms with Crippen LogP contribution in [-0.4, -0.2) is 66.7 Å². The summed E-state index contributed by atoms with van der Waals surface area (Å²) in [5, 5.41) is 16.1. The quantitative estimate of drug-likeness (QED) is 0.508. The van der Waals surface area contributed by atoms with E-state index in [4.69, 9.17) is 19.1 Å². The molecule has 2 saturated heterocycles. The van der Waals surface area contributed by atoms with Gasteiger partial charge >= 0.3 is 0 Å². The van der Waals surface area contributed by atoms with E-state index < -0.39 is 0 Å². The number of aliphatic hydroxyl groups is 1. The molecule has 0 radical (unpaired) electrons. The number of aromatic nitrogens is 2. The van der Waals surface area contributed by atoms with Crippen LogP contribution in [-0.2, 0) is 4.74 Å². The third-order valence-electron chi connectivity index (χ3n) is 6.73. The number of ether oxygens (including phenoxy) is 2. The number of nitrogens with zero attached hydrogens (tertiary/aromatic N) is 3. The van der Waals surface area contributed by atoms with Crippen LogP contribution in [0, 0.1) is 12.8 Å². The number of anilines is 1. The number of hydrogen-bond acceptors (Lipinski definition) is 8. The maximum Gasteiger partial charge on any atom is 0.266 e. The first-order valence-electron chi connectivity index (χ1n) is 12.3. The zero-order valence-corrected chi connectivity index (χ0v) is 20.2. The van der Waals surface area contributed by atoms with E-state index in [0.717, 1.165) is 63.1 Å². The van der Waals surface area contributed by atoms with Crippen LogP contribution in [0.1, 0.15) is 66.8 Å². The number of hydrogen-bond donors (Lipinski definition) is 2. The molecule has 1 aromatic heterocycles. The van der Waals surface area contributed by atoms with Crippen LogP contribution in [0.5, 0.6) is 5.75 Å². The number of carbonyl (C=O) groups excluding carboxylic acids is 1. The predicted molar refractivity (Wildman–Crippen MR) is 127 cm³/mol. The van der Waals surface area contributed by atoms with Crippen molar-refractivity contribution in [3.63, 3.8) is 0 Å². The highest BCUT2D eigenvalue weighted by atomic mass is 16.5. The number of piperidine rings is 1. The maximum atomic E-state index is 12.3. The molecule has 0 bridgehead atoms. The van der Waals surface area contributed by atoms with Gasteiger partial charge in [0.05, 0.1) is 25.7 Å². The molecule has 2 atom stereocenters. The molecule has 9 nitrogen and oxygen atoms in total. The molecule has 34 heavy (non-hydrogen) atoms. The van der Waals surface area contributed by atoms with Gasteiger partial charge in [0.25, 0.3) is 11.9 Å². The van der Waals surface area contributed by atoms with Crippen LogP contribution < -0.4 is 15.0 Å². The topological polar surface area (TPSA) is 110 Å². The smallest absolute Gasteiger partial charge is 0.266 e. The second-order valence-corrected chi connectivity index (χ2v) is 9.45. The van der Waals surface area contributed by atoms with Crippen LogP contribution in [0.15, 0.2) is 22.7 Å². The Morgan fingerprint density at radius 2 is 2.15 bits per heavy atom. The van der Waals surface area contributed by atoms with E-state index in [-0.39, 0.29) is 24.5 Å². The Bertz CT molecular complexity index is 935. The van der Waals surface area contributed by atoms with Gasteiger partial charge in [-0.05, 0) is 80.8 Å². The largest absolute Gasteiger partial charge is 0.494 e. The summed E-state index contributed by atoms with van der Waals surface area (Å²) >= 11 is 0. The predicted octanol–water partition coefficient (Wildman–Crippen LogP) is 3.07. The lowest BCUT2D eigenvalue weighted by Crippen LogP contribution is -2.35. The molecule has 1 amide bonds. The molecule has 0 aliphatic carbocycles. The van der Waals surface area contributed by atoms with Crippen LogP contribution in [0.25, 0.3) is 0 Å². The minimum atomic E-state index is -0.272. The van der Waals surface area contributed by atoms with E-state index in [0.29, 0.717) is 36.5 Å². The van der Waals surface area contributed by atoms with Crippen LogP contribution in [0.2, 0.25) is 0 Å². The van der Waals surface area contributed by atoms with Crippen molar-refractivity contribution in [2.24, 2.45) is 5.92 Å². The lowest BCUT2D eigenvalue weighted by Gasteiger charge is -2.30. The molecule has 2 aliphatic heterocycles. The lowest BCUT2D eigenvalue weighted by atomic mass is 9.92. The zero-order valence-electron chi connectivity index (χ0n) is 20.2. The summed E-state index contributed by atoms with van der Waals surface area (Å²) in [6.07, 6.45) is 5.31. The van der Waals surface area contributed by atoms with E-state index >= 15 is 0 Å². The molecular formula is C25H36N4O5. The third kappa shape index (κ3) is 6.27. The first kappa shape index (κ1) is 24.5. The maximum absolute atomic E-state index is 12.3. The van der Waals surface area contributed by atoms with Crippen molar-refractivity contribution in [2.45, 2.75) is 57.9 Å². The highest BCUT2D eigenvalue weighted by Gasteiger charge is 2.27. The van der Waals surface area contributed by atoms with Gasteiger partial charge in [-0.3, -0.25) is 4.79 Å². The average molecular weight is 473 g/mol. The molecule has 2 aliphatic rings. The molecule has 2 fully saturated rings. The first-order valence-corrected chi connectivity index (χ1v) is 12.3. The highest BCUT2D eigenvalue weighted by molar-refractivity contribution is 5.95. The van der Waals surface area contributed by atoms with Crippen LogP contribution in [0.4, 0.5) is 5.95 Å². The summed E-state index contributed by atoms with van der Waals surface area (Å²) in [5.74, 6) is 2.93. The van der Waals surface area contributed by atoms with E-state index in [1.807, 2.05) is 19.1 Å². The summed E-state index contributed by atoms with van der Waals surface area (Å²) < 4.78 is 16.8. The monoisotopic (exact) mass is 472 g/mol. The summed E-state index contributed by atoms with van der Waals surface area (Å²) in [7, 11) is 0. The number of aryl methyl sites for hydroxylation is 1. The molecule has 2 aromatic rings. The van der Waals surface area contributed by atoms with Crippen molar-refractivity contribution in [1.82, 2.24) is 15.5 Å². The summed E-state index contributed by atoms with van der Waals surface area (Å²) in [6, 6.07) is 5.24. The normalized spacial score (nSPS) is 19.9. The summed E-state index contributed by atoms with van der Waals surface area (Å²) in [4.78, 5) is 19.1. The fraction of sp³-hybridized carbons (Fsp3) is 0.640. The number of nitrogens with one attached hydrogen (secondary N) is 1. The first-order chi connectivity index (χ1) is 16.5. The van der Waals surface area contributed by atoms with Gasteiger partial charge in [-0.2, -0.15) is 4.98 Å². The van der Waals surface area contributed by atoms with Gasteiger partial charge in [0.1, 0.15) is 5.75 Å². The Morgan fingerprint density at radius 3 is 2.85 bits per heavy atom. The Balaban J connectivity index is 1.15. The van der Waals surface area contributed by atoms with Gasteiger partial charge in [-0.1, -0.05) is 0 Å². The van der Waals surface area contributed by atoms with Crippen molar-refractivity contribution in [3.8, 4) is 5.75 Å². The summed E-state index contributed by atoms with van der Waals surface area (Å²) in [5.41, 5.74) is 1.46. The van der Waals surface area contributed by atoms with E-state index in [9.17, 15) is 4.79 Å². The molecule has 0 saturated carbocycles. The van der Waals surface area contributed by atoms with Gasteiger partial charge in [0, 0.05) is 31.3 Å². The Labute approximate surface area is 200 Å². The average Bonchev–Trinajstić information content (AvgIpc) is 3.54. The second kappa shape index (κ2) is 11.7. The van der Waals surface area contributed by atoms with Gasteiger partial charge in [-0.25, -0.2) is 0 Å². The standard InChI is InChI=1S/C25H36N4O5/c1-17-14-21(5-6-22(17)23(31)26-18(2)15-30)33-12-3-4-19-7-10-29(11-8-19)25-27-24(34-28-25)20-9-13-32-16-20/h5-6,14,18-20,30H,3-4,7-13,15-16H2,1-2H3,(H,26,31). The van der Waals surface area contributed by atoms with Gasteiger partial charge < -0.3 is 29.3 Å². The highest BCUT2D eigenvalue weighted by Crippen LogP contribution is 2.28. The van der Waals surface area contributed by atoms with Crippen molar-refractivity contribution < 1.29 is 23.9 Å². The van der Waals surface area contributed by atoms with Crippen molar-refractivity contribution in [2.75, 3.05) is 44.4 Å². The number of rotatable bonds is 10. The van der Waals surface area contributed by atoms with E-state index in [1.54, 1.807) is 13.0 Å². The van der Waals surface area contributed by atoms with Crippen molar-refractivity contribution in [3.05, 3.63) is 35.2 Å². The summed E-state index contributed by atoms with van der Waals surface area (Å²) in [6.45, 7) is 7.57. The number of carbonyl (C=O) groups is 1. The van der Waals surface area contributed by atoms with Gasteiger partial charge in [0.15, 0.2) is 0 Å². The van der Waals surface area contributed by atoms with Crippen LogP contribution >= 0.6 is 0 Å². The number of aliphatic hydroxyl groups excluding tert-OH is 1. The van der Waals surface area contributed by atoms with Crippen LogP contribution in [0.3, 0.4) is 0 Å². The fourth-order valence-electron chi connectivity index (χ4n) is 4.56. The molecule has 2 N–H and O–H groups in total. The molecule has 2 unspecified atom stereocenters. The number of amides is 1. The molecule has 4 rings (SSSR count). The minimum Gasteiger partial charge on any atom is -0.494 e. The SMILES string of the molecule is Cc1cc(OCCCC2CCN(c3noc(C4CCOC4)n3)CC2)ccc1C(=O)NC(C)CO. The lowest BCUT2D eigenvalue weighted by molar-refractivity contribution is 0.0921. The van der Waals surface area contributed by atoms with E-state index in [1.165, 1.54) is 0 Å². The Hall–Kier alpha value is -2.65. The second-order valence-electron chi connectivity index (χ2n) is 9.45. The molecule has 186 valence electrons. The molecule has 0 spiro atoms. The minimum absolute atomic E-state index is 0.0840. The molecule has 1 aromatic carbocycles. The Kier molecular flexibility index (Phi) is 8.39. The van der Waals surface area contributed by atoms with Gasteiger partial charge in [0.2, 0.25) is 5.89 Å².